The molecule has 3 heteroatoms. The summed E-state index contributed by atoms with van der Waals surface area (Å²) in [5.41, 5.74) is 3.58. The predicted molar refractivity (Wildman–Crippen MR) is 84.0 cm³/mol. The smallest absolute Gasteiger partial charge is 0.119 e. The van der Waals surface area contributed by atoms with Gasteiger partial charge in [0, 0.05) is 16.7 Å². The monoisotopic (exact) mass is 319 g/mol. The zero-order valence-electron chi connectivity index (χ0n) is 11.2. The van der Waals surface area contributed by atoms with Crippen molar-refractivity contribution in [3.8, 4) is 5.75 Å². The van der Waals surface area contributed by atoms with Gasteiger partial charge in [-0.2, -0.15) is 0 Å². The van der Waals surface area contributed by atoms with Gasteiger partial charge in [-0.25, -0.2) is 0 Å². The Kier molecular flexibility index (Phi) is 4.86. The number of hydrogen-bond acceptors (Lipinski definition) is 2. The van der Waals surface area contributed by atoms with Gasteiger partial charge < -0.3 is 10.1 Å². The second kappa shape index (κ2) is 6.62. The average molecular weight is 320 g/mol. The van der Waals surface area contributed by atoms with E-state index in [-0.39, 0.29) is 0 Å². The van der Waals surface area contributed by atoms with E-state index in [1.165, 1.54) is 11.1 Å². The van der Waals surface area contributed by atoms with Gasteiger partial charge in [-0.1, -0.05) is 28.1 Å². The van der Waals surface area contributed by atoms with Crippen molar-refractivity contribution in [2.75, 3.05) is 18.5 Å². The summed E-state index contributed by atoms with van der Waals surface area (Å²) in [4.78, 5) is 0. The van der Waals surface area contributed by atoms with E-state index < -0.39 is 0 Å². The maximum Gasteiger partial charge on any atom is 0.119 e. The highest BCUT2D eigenvalue weighted by Crippen LogP contribution is 2.21. The van der Waals surface area contributed by atoms with E-state index >= 15 is 0 Å². The summed E-state index contributed by atoms with van der Waals surface area (Å²) in [6.45, 7) is 5.59. The molecule has 0 fully saturated rings. The van der Waals surface area contributed by atoms with E-state index in [2.05, 4.69) is 59.4 Å². The van der Waals surface area contributed by atoms with Crippen molar-refractivity contribution in [2.24, 2.45) is 0 Å². The maximum absolute atomic E-state index is 5.71. The molecule has 0 unspecified atom stereocenters. The molecule has 2 rings (SSSR count). The summed E-state index contributed by atoms with van der Waals surface area (Å²) >= 11 is 3.48. The minimum atomic E-state index is 0.648. The Bertz CT molecular complexity index is 554. The van der Waals surface area contributed by atoms with Crippen molar-refractivity contribution >= 4 is 21.6 Å². The van der Waals surface area contributed by atoms with Crippen LogP contribution in [0, 0.1) is 13.8 Å². The van der Waals surface area contributed by atoms with Crippen LogP contribution in [0.25, 0.3) is 0 Å². The molecule has 0 bridgehead atoms. The molecular formula is C16H18BrNO. The van der Waals surface area contributed by atoms with Crippen molar-refractivity contribution in [3.63, 3.8) is 0 Å². The highest BCUT2D eigenvalue weighted by atomic mass is 79.9. The molecule has 0 aliphatic carbocycles. The summed E-state index contributed by atoms with van der Waals surface area (Å²) in [6.07, 6.45) is 0. The van der Waals surface area contributed by atoms with Crippen molar-refractivity contribution < 1.29 is 4.74 Å². The Balaban J connectivity index is 1.79. The van der Waals surface area contributed by atoms with Crippen LogP contribution in [0.5, 0.6) is 5.75 Å². The van der Waals surface area contributed by atoms with Gasteiger partial charge in [-0.3, -0.25) is 0 Å². The number of nitrogens with one attached hydrogen (secondary N) is 1. The first-order valence-corrected chi connectivity index (χ1v) is 7.14. The molecule has 0 aliphatic heterocycles. The Morgan fingerprint density at radius 2 is 1.95 bits per heavy atom. The minimum absolute atomic E-state index is 0.648. The second-order valence-electron chi connectivity index (χ2n) is 4.56. The summed E-state index contributed by atoms with van der Waals surface area (Å²) < 4.78 is 6.82. The van der Waals surface area contributed by atoms with Crippen LogP contribution in [0.4, 0.5) is 5.69 Å². The van der Waals surface area contributed by atoms with Gasteiger partial charge in [0.05, 0.1) is 0 Å². The molecule has 2 nitrogen and oxygen atoms in total. The van der Waals surface area contributed by atoms with Crippen LogP contribution < -0.4 is 10.1 Å². The number of rotatable bonds is 5. The number of benzene rings is 2. The molecule has 0 aliphatic rings. The molecule has 1 N–H and O–H groups in total. The molecular weight excluding hydrogens is 302 g/mol. The molecule has 0 atom stereocenters. The average Bonchev–Trinajstić information content (AvgIpc) is 2.39. The normalized spacial score (nSPS) is 10.3. The first kappa shape index (κ1) is 13.9. The molecule has 2 aromatic carbocycles. The Hall–Kier alpha value is -1.48. The summed E-state index contributed by atoms with van der Waals surface area (Å²) in [6, 6.07) is 14.4. The van der Waals surface area contributed by atoms with E-state index in [1.807, 2.05) is 18.2 Å². The fourth-order valence-electron chi connectivity index (χ4n) is 1.83. The fraction of sp³-hybridized carbons (Fsp3) is 0.250. The minimum Gasteiger partial charge on any atom is -0.492 e. The third kappa shape index (κ3) is 4.28. The lowest BCUT2D eigenvalue weighted by Gasteiger charge is -2.10. The molecule has 100 valence electrons. The third-order valence-electron chi connectivity index (χ3n) is 2.85. The number of anilines is 1. The van der Waals surface area contributed by atoms with Crippen LogP contribution in [0.3, 0.4) is 0 Å². The highest BCUT2D eigenvalue weighted by molar-refractivity contribution is 9.10. The number of ether oxygens (including phenoxy) is 1. The SMILES string of the molecule is Cc1cccc(NCCOc2ccc(Br)c(C)c2)c1. The van der Waals surface area contributed by atoms with Gasteiger partial charge in [-0.05, 0) is 55.3 Å². The Labute approximate surface area is 122 Å². The lowest BCUT2D eigenvalue weighted by molar-refractivity contribution is 0.332. The van der Waals surface area contributed by atoms with Gasteiger partial charge in [-0.15, -0.1) is 0 Å². The van der Waals surface area contributed by atoms with Crippen LogP contribution in [0.1, 0.15) is 11.1 Å². The fourth-order valence-corrected chi connectivity index (χ4v) is 2.07. The highest BCUT2D eigenvalue weighted by Gasteiger charge is 1.98. The molecule has 0 saturated heterocycles. The van der Waals surface area contributed by atoms with E-state index in [9.17, 15) is 0 Å². The molecule has 0 spiro atoms. The first-order chi connectivity index (χ1) is 9.15. The van der Waals surface area contributed by atoms with Crippen molar-refractivity contribution in [1.82, 2.24) is 0 Å². The molecule has 0 heterocycles. The van der Waals surface area contributed by atoms with Crippen molar-refractivity contribution in [2.45, 2.75) is 13.8 Å². The molecule has 19 heavy (non-hydrogen) atoms. The molecule has 2 aromatic rings. The largest absolute Gasteiger partial charge is 0.492 e. The quantitative estimate of drug-likeness (QED) is 0.816. The van der Waals surface area contributed by atoms with Crippen LogP contribution in [0.15, 0.2) is 46.9 Å². The Morgan fingerprint density at radius 1 is 1.11 bits per heavy atom. The number of aryl methyl sites for hydroxylation is 2. The summed E-state index contributed by atoms with van der Waals surface area (Å²) in [5, 5.41) is 3.35. The topological polar surface area (TPSA) is 21.3 Å². The molecule has 0 aromatic heterocycles. The van der Waals surface area contributed by atoms with Crippen LogP contribution in [-0.2, 0) is 0 Å². The van der Waals surface area contributed by atoms with Crippen LogP contribution in [0.2, 0.25) is 0 Å². The summed E-state index contributed by atoms with van der Waals surface area (Å²) in [7, 11) is 0. The van der Waals surface area contributed by atoms with Crippen LogP contribution >= 0.6 is 15.9 Å². The third-order valence-corrected chi connectivity index (χ3v) is 3.74. The maximum atomic E-state index is 5.71. The standard InChI is InChI=1S/C16H18BrNO/c1-12-4-3-5-14(10-12)18-8-9-19-15-6-7-16(17)13(2)11-15/h3-7,10-11,18H,8-9H2,1-2H3. The van der Waals surface area contributed by atoms with Crippen molar-refractivity contribution in [1.29, 1.82) is 0 Å². The van der Waals surface area contributed by atoms with E-state index in [0.717, 1.165) is 22.5 Å². The zero-order chi connectivity index (χ0) is 13.7. The predicted octanol–water partition coefficient (Wildman–Crippen LogP) is 4.56. The van der Waals surface area contributed by atoms with E-state index in [4.69, 9.17) is 4.74 Å². The first-order valence-electron chi connectivity index (χ1n) is 6.34. The molecule has 0 amide bonds. The summed E-state index contributed by atoms with van der Waals surface area (Å²) in [5.74, 6) is 0.909. The van der Waals surface area contributed by atoms with E-state index in [1.54, 1.807) is 0 Å². The second-order valence-corrected chi connectivity index (χ2v) is 5.41. The molecule has 0 radical (unpaired) electrons. The lowest BCUT2D eigenvalue weighted by atomic mass is 10.2. The van der Waals surface area contributed by atoms with Gasteiger partial charge >= 0.3 is 0 Å². The van der Waals surface area contributed by atoms with E-state index in [0.29, 0.717) is 6.61 Å². The Morgan fingerprint density at radius 3 is 2.68 bits per heavy atom. The van der Waals surface area contributed by atoms with Gasteiger partial charge in [0.1, 0.15) is 12.4 Å². The molecule has 0 saturated carbocycles. The van der Waals surface area contributed by atoms with Crippen LogP contribution in [-0.4, -0.2) is 13.2 Å². The van der Waals surface area contributed by atoms with Crippen molar-refractivity contribution in [3.05, 3.63) is 58.1 Å². The van der Waals surface area contributed by atoms with Gasteiger partial charge in [0.15, 0.2) is 0 Å². The lowest BCUT2D eigenvalue weighted by Crippen LogP contribution is -2.11. The zero-order valence-corrected chi connectivity index (χ0v) is 12.8. The number of hydrogen-bond donors (Lipinski definition) is 1. The van der Waals surface area contributed by atoms with Gasteiger partial charge in [0.2, 0.25) is 0 Å². The van der Waals surface area contributed by atoms with Gasteiger partial charge in [0.25, 0.3) is 0 Å². The number of halogens is 1.